The molecular weight excluding hydrogens is 292 g/mol. The summed E-state index contributed by atoms with van der Waals surface area (Å²) in [5.41, 5.74) is 2.63. The Balaban J connectivity index is 1.72. The van der Waals surface area contributed by atoms with Crippen molar-refractivity contribution >= 4 is 17.2 Å². The molecule has 1 aromatic rings. The van der Waals surface area contributed by atoms with Crippen molar-refractivity contribution in [2.24, 2.45) is 0 Å². The molecule has 22 heavy (non-hydrogen) atoms. The molecule has 0 aromatic heterocycles. The fourth-order valence-electron chi connectivity index (χ4n) is 2.55. The van der Waals surface area contributed by atoms with E-state index >= 15 is 0 Å². The maximum absolute atomic E-state index is 5.48. The molecule has 1 heterocycles. The van der Waals surface area contributed by atoms with Crippen molar-refractivity contribution in [1.82, 2.24) is 10.2 Å². The van der Waals surface area contributed by atoms with Gasteiger partial charge in [-0.1, -0.05) is 57.3 Å². The number of thiocarbonyl (C=S) groups is 1. The Labute approximate surface area is 140 Å². The molecule has 1 aliphatic heterocycles. The summed E-state index contributed by atoms with van der Waals surface area (Å²) >= 11 is 5.48. The predicted octanol–water partition coefficient (Wildman–Crippen LogP) is 2.97. The van der Waals surface area contributed by atoms with Gasteiger partial charge in [0.05, 0.1) is 13.2 Å². The van der Waals surface area contributed by atoms with Gasteiger partial charge in [-0.25, -0.2) is 0 Å². The summed E-state index contributed by atoms with van der Waals surface area (Å²) in [6.45, 7) is 12.6. The van der Waals surface area contributed by atoms with Crippen LogP contribution in [-0.2, 0) is 10.2 Å². The van der Waals surface area contributed by atoms with Gasteiger partial charge in [0.25, 0.3) is 0 Å². The topological polar surface area (TPSA) is 24.5 Å². The average molecular weight is 321 g/mol. The van der Waals surface area contributed by atoms with E-state index < -0.39 is 0 Å². The van der Waals surface area contributed by atoms with Gasteiger partial charge in [-0.2, -0.15) is 0 Å². The molecule has 0 bridgehead atoms. The average Bonchev–Trinajstić information content (AvgIpc) is 2.52. The molecule has 0 amide bonds. The number of morpholine rings is 1. The minimum Gasteiger partial charge on any atom is -0.379 e. The van der Waals surface area contributed by atoms with Crippen molar-refractivity contribution in [3.05, 3.63) is 35.4 Å². The van der Waals surface area contributed by atoms with Crippen LogP contribution in [0.3, 0.4) is 0 Å². The smallest absolute Gasteiger partial charge is 0.106 e. The highest BCUT2D eigenvalue weighted by Crippen LogP contribution is 2.22. The van der Waals surface area contributed by atoms with Gasteiger partial charge < -0.3 is 10.1 Å². The zero-order chi connectivity index (χ0) is 16.0. The Bertz CT molecular complexity index is 473. The van der Waals surface area contributed by atoms with Crippen LogP contribution in [0.1, 0.15) is 38.3 Å². The van der Waals surface area contributed by atoms with E-state index in [0.717, 1.165) is 56.4 Å². The molecule has 1 aliphatic rings. The standard InChI is InChI=1S/C18H28N2OS/c1-18(2,3)16-7-5-15(6-8-16)17(22)19-9-4-10-20-11-13-21-14-12-20/h5-8H,4,9-14H2,1-3H3,(H,19,22). The molecule has 1 fully saturated rings. The second-order valence-electron chi connectivity index (χ2n) is 6.89. The normalized spacial score (nSPS) is 16.5. The fourth-order valence-corrected chi connectivity index (χ4v) is 2.79. The third kappa shape index (κ3) is 5.34. The van der Waals surface area contributed by atoms with Crippen molar-refractivity contribution in [2.75, 3.05) is 39.4 Å². The number of ether oxygens (including phenoxy) is 1. The fraction of sp³-hybridized carbons (Fsp3) is 0.611. The summed E-state index contributed by atoms with van der Waals surface area (Å²) in [5, 5.41) is 3.37. The van der Waals surface area contributed by atoms with E-state index in [1.54, 1.807) is 0 Å². The van der Waals surface area contributed by atoms with Crippen molar-refractivity contribution in [1.29, 1.82) is 0 Å². The lowest BCUT2D eigenvalue weighted by atomic mass is 9.87. The van der Waals surface area contributed by atoms with E-state index in [1.165, 1.54) is 5.56 Å². The number of nitrogens with zero attached hydrogens (tertiary/aromatic N) is 1. The Morgan fingerprint density at radius 2 is 1.82 bits per heavy atom. The molecule has 0 unspecified atom stereocenters. The van der Waals surface area contributed by atoms with Crippen LogP contribution in [0, 0.1) is 0 Å². The van der Waals surface area contributed by atoms with E-state index in [4.69, 9.17) is 17.0 Å². The molecule has 1 saturated heterocycles. The number of hydrogen-bond acceptors (Lipinski definition) is 3. The van der Waals surface area contributed by atoms with Crippen LogP contribution >= 0.6 is 12.2 Å². The van der Waals surface area contributed by atoms with E-state index in [9.17, 15) is 0 Å². The second kappa shape index (κ2) is 8.04. The highest BCUT2D eigenvalue weighted by molar-refractivity contribution is 7.80. The van der Waals surface area contributed by atoms with Crippen LogP contribution in [0.5, 0.6) is 0 Å². The van der Waals surface area contributed by atoms with Crippen LogP contribution in [0.15, 0.2) is 24.3 Å². The molecule has 0 radical (unpaired) electrons. The Morgan fingerprint density at radius 1 is 1.18 bits per heavy atom. The van der Waals surface area contributed by atoms with Crippen LogP contribution in [0.25, 0.3) is 0 Å². The molecule has 3 nitrogen and oxygen atoms in total. The summed E-state index contributed by atoms with van der Waals surface area (Å²) in [6, 6.07) is 8.60. The van der Waals surface area contributed by atoms with Crippen LogP contribution in [0.4, 0.5) is 0 Å². The number of rotatable bonds is 5. The first kappa shape index (κ1) is 17.4. The zero-order valence-electron chi connectivity index (χ0n) is 14.0. The van der Waals surface area contributed by atoms with E-state index in [1.807, 2.05) is 0 Å². The first-order valence-electron chi connectivity index (χ1n) is 8.16. The van der Waals surface area contributed by atoms with E-state index in [0.29, 0.717) is 0 Å². The largest absolute Gasteiger partial charge is 0.379 e. The van der Waals surface area contributed by atoms with Crippen molar-refractivity contribution in [2.45, 2.75) is 32.6 Å². The summed E-state index contributed by atoms with van der Waals surface area (Å²) in [4.78, 5) is 3.30. The first-order valence-corrected chi connectivity index (χ1v) is 8.56. The van der Waals surface area contributed by atoms with Gasteiger partial charge in [-0.3, -0.25) is 4.90 Å². The monoisotopic (exact) mass is 320 g/mol. The van der Waals surface area contributed by atoms with Crippen LogP contribution in [0.2, 0.25) is 0 Å². The van der Waals surface area contributed by atoms with Gasteiger partial charge in [0.1, 0.15) is 4.99 Å². The van der Waals surface area contributed by atoms with Crippen molar-refractivity contribution in [3.63, 3.8) is 0 Å². The Hall–Kier alpha value is -0.970. The molecule has 0 spiro atoms. The molecule has 0 atom stereocenters. The third-order valence-corrected chi connectivity index (χ3v) is 4.43. The summed E-state index contributed by atoms with van der Waals surface area (Å²) in [6.07, 6.45) is 1.11. The summed E-state index contributed by atoms with van der Waals surface area (Å²) in [7, 11) is 0. The lowest BCUT2D eigenvalue weighted by molar-refractivity contribution is 0.0376. The molecule has 0 aliphatic carbocycles. The predicted molar refractivity (Wildman–Crippen MR) is 96.7 cm³/mol. The van der Waals surface area contributed by atoms with Crippen molar-refractivity contribution < 1.29 is 4.74 Å². The lowest BCUT2D eigenvalue weighted by Gasteiger charge is -2.26. The molecule has 2 rings (SSSR count). The molecule has 0 saturated carbocycles. The van der Waals surface area contributed by atoms with Crippen molar-refractivity contribution in [3.8, 4) is 0 Å². The van der Waals surface area contributed by atoms with Gasteiger partial charge in [0, 0.05) is 25.2 Å². The number of nitrogens with one attached hydrogen (secondary N) is 1. The summed E-state index contributed by atoms with van der Waals surface area (Å²) in [5.74, 6) is 0. The summed E-state index contributed by atoms with van der Waals surface area (Å²) < 4.78 is 5.36. The highest BCUT2D eigenvalue weighted by Gasteiger charge is 2.13. The maximum atomic E-state index is 5.48. The van der Waals surface area contributed by atoms with Gasteiger partial charge in [-0.05, 0) is 23.9 Å². The Kier molecular flexibility index (Phi) is 6.36. The zero-order valence-corrected chi connectivity index (χ0v) is 14.8. The minimum atomic E-state index is 0.186. The molecule has 4 heteroatoms. The van der Waals surface area contributed by atoms with Gasteiger partial charge in [0.15, 0.2) is 0 Å². The van der Waals surface area contributed by atoms with E-state index in [2.05, 4.69) is 55.3 Å². The maximum Gasteiger partial charge on any atom is 0.106 e. The lowest BCUT2D eigenvalue weighted by Crippen LogP contribution is -2.38. The number of hydrogen-bond donors (Lipinski definition) is 1. The van der Waals surface area contributed by atoms with Gasteiger partial charge in [-0.15, -0.1) is 0 Å². The second-order valence-corrected chi connectivity index (χ2v) is 7.30. The van der Waals surface area contributed by atoms with Gasteiger partial charge in [0.2, 0.25) is 0 Å². The van der Waals surface area contributed by atoms with E-state index in [-0.39, 0.29) is 5.41 Å². The van der Waals surface area contributed by atoms with Gasteiger partial charge >= 0.3 is 0 Å². The quantitative estimate of drug-likeness (QED) is 0.666. The first-order chi connectivity index (χ1) is 10.5. The molecular formula is C18H28N2OS. The molecule has 122 valence electrons. The number of benzene rings is 1. The Morgan fingerprint density at radius 3 is 2.41 bits per heavy atom. The molecule has 1 N–H and O–H groups in total. The highest BCUT2D eigenvalue weighted by atomic mass is 32.1. The SMILES string of the molecule is CC(C)(C)c1ccc(C(=S)NCCCN2CCOCC2)cc1. The molecule has 1 aromatic carbocycles. The third-order valence-electron chi connectivity index (χ3n) is 4.05. The van der Waals surface area contributed by atoms with Crippen LogP contribution < -0.4 is 5.32 Å². The minimum absolute atomic E-state index is 0.186. The van der Waals surface area contributed by atoms with Crippen LogP contribution in [-0.4, -0.2) is 49.3 Å².